The third-order valence-corrected chi connectivity index (χ3v) is 3.00. The second kappa shape index (κ2) is 4.46. The van der Waals surface area contributed by atoms with E-state index in [2.05, 4.69) is 33.8 Å². The summed E-state index contributed by atoms with van der Waals surface area (Å²) in [5.41, 5.74) is 4.18. The summed E-state index contributed by atoms with van der Waals surface area (Å²) < 4.78 is 5.16. The Morgan fingerprint density at radius 1 is 1.25 bits per heavy atom. The van der Waals surface area contributed by atoms with Crippen LogP contribution in [0.1, 0.15) is 43.0 Å². The molecule has 90 valence electrons. The molecule has 1 aromatic rings. The predicted octanol–water partition coefficient (Wildman–Crippen LogP) is 3.45. The van der Waals surface area contributed by atoms with E-state index < -0.39 is 0 Å². The van der Waals surface area contributed by atoms with Crippen LogP contribution >= 0.6 is 0 Å². The van der Waals surface area contributed by atoms with Crippen molar-refractivity contribution in [1.82, 2.24) is 0 Å². The van der Waals surface area contributed by atoms with Gasteiger partial charge in [-0.3, -0.25) is 0 Å². The van der Waals surface area contributed by atoms with Crippen molar-refractivity contribution in [2.75, 3.05) is 7.11 Å². The Kier molecular flexibility index (Phi) is 3.64. The summed E-state index contributed by atoms with van der Waals surface area (Å²) in [6.07, 6.45) is 0. The standard InChI is InChI=1S/C14H22O2/c1-9-7-12(14(3,4)5)13(15)10(2)11(9)8-16-6/h7,15H,8H2,1-6H3. The van der Waals surface area contributed by atoms with E-state index in [1.807, 2.05) is 6.92 Å². The van der Waals surface area contributed by atoms with Gasteiger partial charge in [-0.25, -0.2) is 0 Å². The minimum absolute atomic E-state index is 0.0365. The largest absolute Gasteiger partial charge is 0.507 e. The number of phenolic OH excluding ortho intramolecular Hbond substituents is 1. The summed E-state index contributed by atoms with van der Waals surface area (Å²) >= 11 is 0. The van der Waals surface area contributed by atoms with Gasteiger partial charge in [0.05, 0.1) is 6.61 Å². The summed E-state index contributed by atoms with van der Waals surface area (Å²) in [5.74, 6) is 0.408. The zero-order valence-electron chi connectivity index (χ0n) is 11.1. The molecule has 0 aliphatic carbocycles. The second-order valence-corrected chi connectivity index (χ2v) is 5.38. The van der Waals surface area contributed by atoms with Crippen LogP contribution in [0.2, 0.25) is 0 Å². The third kappa shape index (κ3) is 2.38. The Morgan fingerprint density at radius 2 is 1.81 bits per heavy atom. The third-order valence-electron chi connectivity index (χ3n) is 3.00. The van der Waals surface area contributed by atoms with Crippen molar-refractivity contribution < 1.29 is 9.84 Å². The molecule has 0 atom stereocenters. The summed E-state index contributed by atoms with van der Waals surface area (Å²) in [7, 11) is 1.67. The molecule has 0 radical (unpaired) electrons. The lowest BCUT2D eigenvalue weighted by molar-refractivity contribution is 0.183. The van der Waals surface area contributed by atoms with E-state index in [0.717, 1.165) is 16.7 Å². The molecular formula is C14H22O2. The summed E-state index contributed by atoms with van der Waals surface area (Å²) in [5, 5.41) is 10.2. The molecule has 2 heteroatoms. The second-order valence-electron chi connectivity index (χ2n) is 5.38. The summed E-state index contributed by atoms with van der Waals surface area (Å²) in [4.78, 5) is 0. The minimum atomic E-state index is -0.0365. The van der Waals surface area contributed by atoms with E-state index in [1.165, 1.54) is 5.56 Å². The van der Waals surface area contributed by atoms with E-state index in [-0.39, 0.29) is 5.41 Å². The van der Waals surface area contributed by atoms with Gasteiger partial charge in [0.2, 0.25) is 0 Å². The zero-order valence-corrected chi connectivity index (χ0v) is 11.1. The van der Waals surface area contributed by atoms with Crippen molar-refractivity contribution in [2.24, 2.45) is 0 Å². The molecule has 0 saturated carbocycles. The van der Waals surface area contributed by atoms with Gasteiger partial charge in [-0.2, -0.15) is 0 Å². The zero-order chi connectivity index (χ0) is 12.5. The van der Waals surface area contributed by atoms with E-state index in [1.54, 1.807) is 7.11 Å². The van der Waals surface area contributed by atoms with E-state index in [9.17, 15) is 5.11 Å². The van der Waals surface area contributed by atoms with Crippen LogP contribution in [0.15, 0.2) is 6.07 Å². The van der Waals surface area contributed by atoms with Crippen molar-refractivity contribution >= 4 is 0 Å². The predicted molar refractivity (Wildman–Crippen MR) is 67.0 cm³/mol. The molecule has 0 saturated heterocycles. The Morgan fingerprint density at radius 3 is 2.25 bits per heavy atom. The Bertz CT molecular complexity index is 387. The van der Waals surface area contributed by atoms with Gasteiger partial charge in [-0.05, 0) is 41.5 Å². The van der Waals surface area contributed by atoms with Gasteiger partial charge in [0.1, 0.15) is 5.75 Å². The highest BCUT2D eigenvalue weighted by Crippen LogP contribution is 2.36. The van der Waals surface area contributed by atoms with Crippen LogP contribution in [-0.4, -0.2) is 12.2 Å². The molecule has 2 nitrogen and oxygen atoms in total. The first-order valence-corrected chi connectivity index (χ1v) is 5.60. The number of benzene rings is 1. The van der Waals surface area contributed by atoms with E-state index in [0.29, 0.717) is 12.4 Å². The molecule has 0 aliphatic rings. The Balaban J connectivity index is 3.39. The number of hydrogen-bond donors (Lipinski definition) is 1. The number of rotatable bonds is 2. The number of aromatic hydroxyl groups is 1. The molecule has 1 aromatic carbocycles. The lowest BCUT2D eigenvalue weighted by Crippen LogP contribution is -2.13. The van der Waals surface area contributed by atoms with Gasteiger partial charge in [-0.15, -0.1) is 0 Å². The lowest BCUT2D eigenvalue weighted by Gasteiger charge is -2.24. The minimum Gasteiger partial charge on any atom is -0.507 e. The quantitative estimate of drug-likeness (QED) is 0.830. The van der Waals surface area contributed by atoms with Crippen molar-refractivity contribution in [3.05, 3.63) is 28.3 Å². The Hall–Kier alpha value is -1.02. The van der Waals surface area contributed by atoms with Crippen molar-refractivity contribution in [3.63, 3.8) is 0 Å². The van der Waals surface area contributed by atoms with Crippen molar-refractivity contribution in [3.8, 4) is 5.75 Å². The van der Waals surface area contributed by atoms with Gasteiger partial charge in [-0.1, -0.05) is 26.8 Å². The maximum atomic E-state index is 10.2. The highest BCUT2D eigenvalue weighted by molar-refractivity contribution is 5.51. The molecule has 0 spiro atoms. The molecule has 0 aromatic heterocycles. The van der Waals surface area contributed by atoms with Gasteiger partial charge in [0.25, 0.3) is 0 Å². The van der Waals surface area contributed by atoms with Crippen molar-refractivity contribution in [1.29, 1.82) is 0 Å². The number of phenols is 1. The van der Waals surface area contributed by atoms with Crippen LogP contribution in [0, 0.1) is 13.8 Å². The molecule has 0 heterocycles. The first kappa shape index (κ1) is 13.0. The first-order valence-electron chi connectivity index (χ1n) is 5.60. The molecule has 0 unspecified atom stereocenters. The highest BCUT2D eigenvalue weighted by atomic mass is 16.5. The van der Waals surface area contributed by atoms with Gasteiger partial charge < -0.3 is 9.84 Å². The molecule has 1 rings (SSSR count). The maximum absolute atomic E-state index is 10.2. The maximum Gasteiger partial charge on any atom is 0.122 e. The average molecular weight is 222 g/mol. The lowest BCUT2D eigenvalue weighted by atomic mass is 9.83. The monoisotopic (exact) mass is 222 g/mol. The number of hydrogen-bond acceptors (Lipinski definition) is 2. The number of ether oxygens (including phenoxy) is 1. The van der Waals surface area contributed by atoms with Crippen LogP contribution < -0.4 is 0 Å². The van der Waals surface area contributed by atoms with Gasteiger partial charge >= 0.3 is 0 Å². The molecule has 0 fully saturated rings. The van der Waals surface area contributed by atoms with Crippen LogP contribution in [0.5, 0.6) is 5.75 Å². The summed E-state index contributed by atoms with van der Waals surface area (Å²) in [6, 6.07) is 2.07. The topological polar surface area (TPSA) is 29.5 Å². The number of methoxy groups -OCH3 is 1. The molecule has 0 aliphatic heterocycles. The Labute approximate surface area is 98.3 Å². The smallest absolute Gasteiger partial charge is 0.122 e. The van der Waals surface area contributed by atoms with Crippen LogP contribution in [0.25, 0.3) is 0 Å². The highest BCUT2D eigenvalue weighted by Gasteiger charge is 2.21. The van der Waals surface area contributed by atoms with Crippen LogP contribution in [0.4, 0.5) is 0 Å². The number of aryl methyl sites for hydroxylation is 1. The molecular weight excluding hydrogens is 200 g/mol. The van der Waals surface area contributed by atoms with Crippen LogP contribution in [0.3, 0.4) is 0 Å². The summed E-state index contributed by atoms with van der Waals surface area (Å²) in [6.45, 7) is 10.9. The normalized spacial score (nSPS) is 11.9. The first-order chi connectivity index (χ1) is 7.29. The molecule has 16 heavy (non-hydrogen) atoms. The van der Waals surface area contributed by atoms with Gasteiger partial charge in [0, 0.05) is 7.11 Å². The SMILES string of the molecule is COCc1c(C)cc(C(C)(C)C)c(O)c1C. The van der Waals surface area contributed by atoms with Crippen molar-refractivity contribution in [2.45, 2.75) is 46.6 Å². The van der Waals surface area contributed by atoms with Crippen LogP contribution in [-0.2, 0) is 16.8 Å². The van der Waals surface area contributed by atoms with E-state index >= 15 is 0 Å². The fourth-order valence-electron chi connectivity index (χ4n) is 1.95. The van der Waals surface area contributed by atoms with E-state index in [4.69, 9.17) is 4.74 Å². The molecule has 0 amide bonds. The van der Waals surface area contributed by atoms with Gasteiger partial charge in [0.15, 0.2) is 0 Å². The fraction of sp³-hybridized carbons (Fsp3) is 0.571. The molecule has 1 N–H and O–H groups in total. The molecule has 0 bridgehead atoms. The fourth-order valence-corrected chi connectivity index (χ4v) is 1.95. The average Bonchev–Trinajstić information content (AvgIpc) is 2.16.